The van der Waals surface area contributed by atoms with E-state index in [4.69, 9.17) is 5.73 Å². The van der Waals surface area contributed by atoms with Gasteiger partial charge in [-0.3, -0.25) is 9.69 Å². The van der Waals surface area contributed by atoms with Crippen molar-refractivity contribution in [3.63, 3.8) is 0 Å². The second-order valence-electron chi connectivity index (χ2n) is 3.50. The lowest BCUT2D eigenvalue weighted by Gasteiger charge is -2.34. The zero-order valence-electron chi connectivity index (χ0n) is 8.33. The van der Waals surface area contributed by atoms with Crippen LogP contribution in [-0.2, 0) is 4.79 Å². The number of primary amides is 1. The van der Waals surface area contributed by atoms with Crippen LogP contribution in [0.2, 0.25) is 0 Å². The number of nitrogens with two attached hydrogens (primary N) is 1. The number of rotatable bonds is 3. The van der Waals surface area contributed by atoms with Gasteiger partial charge in [0.2, 0.25) is 5.91 Å². The summed E-state index contributed by atoms with van der Waals surface area (Å²) in [6.07, 6.45) is 2.17. The van der Waals surface area contributed by atoms with Gasteiger partial charge < -0.3 is 5.73 Å². The van der Waals surface area contributed by atoms with Crippen molar-refractivity contribution in [2.24, 2.45) is 5.73 Å². The monoisotopic (exact) mass is 184 g/mol. The maximum absolute atomic E-state index is 11.1. The number of hydrogen-bond donors (Lipinski definition) is 1. The van der Waals surface area contributed by atoms with Gasteiger partial charge in [-0.1, -0.05) is 6.08 Å². The molecule has 0 saturated heterocycles. The fourth-order valence-electron chi connectivity index (χ4n) is 1.32. The summed E-state index contributed by atoms with van der Waals surface area (Å²) in [7, 11) is 0. The van der Waals surface area contributed by atoms with Gasteiger partial charge in [0.05, 0.1) is 5.54 Å². The lowest BCUT2D eigenvalue weighted by Crippen LogP contribution is -2.52. The average Bonchev–Trinajstić information content (AvgIpc) is 1.82. The van der Waals surface area contributed by atoms with Crippen LogP contribution in [0.1, 0.15) is 27.2 Å². The topological polar surface area (TPSA) is 63.4 Å². The van der Waals surface area contributed by atoms with E-state index in [-0.39, 0.29) is 5.91 Å². The summed E-state index contributed by atoms with van der Waals surface area (Å²) in [6, 6.07) is -0.723. The van der Waals surface area contributed by atoms with E-state index in [0.717, 1.165) is 4.90 Å². The summed E-state index contributed by atoms with van der Waals surface area (Å²) in [5, 5.41) is 0. The Morgan fingerprint density at radius 1 is 1.54 bits per heavy atom. The van der Waals surface area contributed by atoms with Gasteiger partial charge in [-0.2, -0.15) is 0 Å². The molecule has 0 aliphatic heterocycles. The lowest BCUT2D eigenvalue weighted by atomic mass is 9.98. The SMILES string of the molecule is C=CCC(C)(C)N(C(C)=O)C(N)=O. The number of amides is 3. The molecule has 3 amide bonds. The highest BCUT2D eigenvalue weighted by Gasteiger charge is 2.31. The zero-order chi connectivity index (χ0) is 10.6. The van der Waals surface area contributed by atoms with Crippen LogP contribution in [0, 0.1) is 0 Å². The largest absolute Gasteiger partial charge is 0.351 e. The summed E-state index contributed by atoms with van der Waals surface area (Å²) >= 11 is 0. The van der Waals surface area contributed by atoms with Crippen molar-refractivity contribution < 1.29 is 9.59 Å². The van der Waals surface area contributed by atoms with Crippen molar-refractivity contribution in [1.29, 1.82) is 0 Å². The normalized spacial score (nSPS) is 10.7. The van der Waals surface area contributed by atoms with E-state index in [1.165, 1.54) is 6.92 Å². The average molecular weight is 184 g/mol. The highest BCUT2D eigenvalue weighted by molar-refractivity contribution is 5.93. The van der Waals surface area contributed by atoms with E-state index in [1.54, 1.807) is 19.9 Å². The molecule has 0 fully saturated rings. The summed E-state index contributed by atoms with van der Waals surface area (Å²) in [6.45, 7) is 8.40. The van der Waals surface area contributed by atoms with Gasteiger partial charge in [-0.25, -0.2) is 4.79 Å². The number of imide groups is 1. The van der Waals surface area contributed by atoms with E-state index >= 15 is 0 Å². The predicted octanol–water partition coefficient (Wildman–Crippen LogP) is 1.27. The Labute approximate surface area is 78.4 Å². The van der Waals surface area contributed by atoms with Gasteiger partial charge in [0, 0.05) is 6.92 Å². The van der Waals surface area contributed by atoms with Crippen LogP contribution in [0.15, 0.2) is 12.7 Å². The van der Waals surface area contributed by atoms with Crippen molar-refractivity contribution >= 4 is 11.9 Å². The third-order valence-corrected chi connectivity index (χ3v) is 1.78. The molecule has 0 aromatic carbocycles. The third-order valence-electron chi connectivity index (χ3n) is 1.78. The highest BCUT2D eigenvalue weighted by Crippen LogP contribution is 2.18. The Morgan fingerprint density at radius 2 is 2.00 bits per heavy atom. The maximum Gasteiger partial charge on any atom is 0.321 e. The Kier molecular flexibility index (Phi) is 3.66. The minimum absolute atomic E-state index is 0.348. The molecule has 2 N–H and O–H groups in total. The molecule has 0 radical (unpaired) electrons. The van der Waals surface area contributed by atoms with Crippen molar-refractivity contribution in [2.75, 3.05) is 0 Å². The minimum Gasteiger partial charge on any atom is -0.351 e. The molecule has 4 heteroatoms. The first-order valence-electron chi connectivity index (χ1n) is 4.04. The first-order valence-corrected chi connectivity index (χ1v) is 4.04. The first-order chi connectivity index (χ1) is 5.83. The van der Waals surface area contributed by atoms with E-state index in [0.29, 0.717) is 6.42 Å². The molecule has 0 unspecified atom stereocenters. The quantitative estimate of drug-likeness (QED) is 0.671. The fraction of sp³-hybridized carbons (Fsp3) is 0.556. The van der Waals surface area contributed by atoms with Gasteiger partial charge in [-0.05, 0) is 20.3 Å². The molecule has 0 aliphatic carbocycles. The highest BCUT2D eigenvalue weighted by atomic mass is 16.2. The molecule has 4 nitrogen and oxygen atoms in total. The molecule has 0 saturated carbocycles. The van der Waals surface area contributed by atoms with E-state index in [9.17, 15) is 9.59 Å². The lowest BCUT2D eigenvalue weighted by molar-refractivity contribution is -0.129. The molecule has 0 spiro atoms. The van der Waals surface area contributed by atoms with Crippen molar-refractivity contribution in [2.45, 2.75) is 32.7 Å². The molecule has 0 rings (SSSR count). The van der Waals surface area contributed by atoms with Crippen LogP contribution >= 0.6 is 0 Å². The number of carbonyl (C=O) groups excluding carboxylic acids is 2. The van der Waals surface area contributed by atoms with Gasteiger partial charge >= 0.3 is 6.03 Å². The standard InChI is InChI=1S/C9H16N2O2/c1-5-6-9(3,4)11(7(2)12)8(10)13/h5H,1,6H2,2-4H3,(H2,10,13). The summed E-state index contributed by atoms with van der Waals surface area (Å²) < 4.78 is 0. The van der Waals surface area contributed by atoms with E-state index in [1.807, 2.05) is 0 Å². The van der Waals surface area contributed by atoms with Gasteiger partial charge in [0.15, 0.2) is 0 Å². The molecule has 74 valence electrons. The Balaban J connectivity index is 4.82. The minimum atomic E-state index is -0.723. The first kappa shape index (κ1) is 11.7. The van der Waals surface area contributed by atoms with Crippen LogP contribution in [0.25, 0.3) is 0 Å². The molecule has 0 aromatic heterocycles. The van der Waals surface area contributed by atoms with Gasteiger partial charge in [-0.15, -0.1) is 6.58 Å². The smallest absolute Gasteiger partial charge is 0.321 e. The third kappa shape index (κ3) is 2.89. The van der Waals surface area contributed by atoms with Crippen LogP contribution in [-0.4, -0.2) is 22.4 Å². The maximum atomic E-state index is 11.1. The number of hydrogen-bond acceptors (Lipinski definition) is 2. The Hall–Kier alpha value is -1.32. The van der Waals surface area contributed by atoms with E-state index < -0.39 is 11.6 Å². The molecule has 0 heterocycles. The summed E-state index contributed by atoms with van der Waals surface area (Å²) in [4.78, 5) is 23.1. The number of carbonyl (C=O) groups is 2. The van der Waals surface area contributed by atoms with Gasteiger partial charge in [0.1, 0.15) is 0 Å². The molecule has 0 bridgehead atoms. The van der Waals surface area contributed by atoms with Crippen LogP contribution in [0.3, 0.4) is 0 Å². The van der Waals surface area contributed by atoms with Crippen LogP contribution in [0.4, 0.5) is 4.79 Å². The fourth-order valence-corrected chi connectivity index (χ4v) is 1.32. The Morgan fingerprint density at radius 3 is 2.23 bits per heavy atom. The van der Waals surface area contributed by atoms with Crippen molar-refractivity contribution in [3.8, 4) is 0 Å². The second-order valence-corrected chi connectivity index (χ2v) is 3.50. The molecule has 0 atom stereocenters. The molecule has 0 aromatic rings. The van der Waals surface area contributed by atoms with Crippen LogP contribution in [0.5, 0.6) is 0 Å². The molecule has 0 aliphatic rings. The summed E-state index contributed by atoms with van der Waals surface area (Å²) in [5.74, 6) is -0.348. The van der Waals surface area contributed by atoms with Gasteiger partial charge in [0.25, 0.3) is 0 Å². The molecular weight excluding hydrogens is 168 g/mol. The number of urea groups is 1. The number of nitrogens with zero attached hydrogens (tertiary/aromatic N) is 1. The van der Waals surface area contributed by atoms with Crippen molar-refractivity contribution in [3.05, 3.63) is 12.7 Å². The zero-order valence-corrected chi connectivity index (χ0v) is 8.33. The van der Waals surface area contributed by atoms with E-state index in [2.05, 4.69) is 6.58 Å². The predicted molar refractivity (Wildman–Crippen MR) is 51.0 cm³/mol. The Bertz CT molecular complexity index is 220. The van der Waals surface area contributed by atoms with Crippen molar-refractivity contribution in [1.82, 2.24) is 4.90 Å². The molecular formula is C9H16N2O2. The van der Waals surface area contributed by atoms with Crippen LogP contribution < -0.4 is 5.73 Å². The molecule has 13 heavy (non-hydrogen) atoms. The second kappa shape index (κ2) is 4.07. The summed E-state index contributed by atoms with van der Waals surface area (Å²) in [5.41, 5.74) is 4.49.